The number of halogens is 1. The van der Waals surface area contributed by atoms with Crippen LogP contribution in [0.3, 0.4) is 0 Å². The minimum atomic E-state index is -0.725. The molecular weight excluding hydrogens is 370 g/mol. The normalized spacial score (nSPS) is 25.5. The second-order valence-electron chi connectivity index (χ2n) is 7.25. The van der Waals surface area contributed by atoms with Gasteiger partial charge in [0.15, 0.2) is 0 Å². The Hall–Kier alpha value is -1.36. The predicted octanol–water partition coefficient (Wildman–Crippen LogP) is 3.88. The first kappa shape index (κ1) is 17.5. The van der Waals surface area contributed by atoms with E-state index >= 15 is 0 Å². The Labute approximate surface area is 151 Å². The number of carboxylic acid groups (broad SMARTS) is 1. The lowest BCUT2D eigenvalue weighted by molar-refractivity contribution is -0.144. The van der Waals surface area contributed by atoms with Gasteiger partial charge in [-0.25, -0.2) is 0 Å². The van der Waals surface area contributed by atoms with Gasteiger partial charge in [0, 0.05) is 22.4 Å². The van der Waals surface area contributed by atoms with Gasteiger partial charge < -0.3 is 10.4 Å². The predicted molar refractivity (Wildman–Crippen MR) is 95.8 cm³/mol. The van der Waals surface area contributed by atoms with Crippen molar-refractivity contribution in [3.63, 3.8) is 0 Å². The summed E-state index contributed by atoms with van der Waals surface area (Å²) in [7, 11) is 0. The molecule has 0 unspecified atom stereocenters. The van der Waals surface area contributed by atoms with E-state index in [0.29, 0.717) is 32.2 Å². The summed E-state index contributed by atoms with van der Waals surface area (Å²) < 4.78 is 1.07. The van der Waals surface area contributed by atoms with Crippen molar-refractivity contribution >= 4 is 27.8 Å². The quantitative estimate of drug-likeness (QED) is 0.797. The van der Waals surface area contributed by atoms with Crippen LogP contribution in [0.25, 0.3) is 0 Å². The summed E-state index contributed by atoms with van der Waals surface area (Å²) in [4.78, 5) is 23.5. The number of nitrogens with one attached hydrogen (secondary N) is 1. The fourth-order valence-electron chi connectivity index (χ4n) is 3.98. The van der Waals surface area contributed by atoms with Crippen LogP contribution in [-0.2, 0) is 15.0 Å². The first-order chi connectivity index (χ1) is 11.5. The van der Waals surface area contributed by atoms with E-state index in [2.05, 4.69) is 45.5 Å². The average molecular weight is 394 g/mol. The number of carbonyl (C=O) groups excluding carboxylic acids is 1. The van der Waals surface area contributed by atoms with Crippen molar-refractivity contribution in [1.29, 1.82) is 0 Å². The van der Waals surface area contributed by atoms with E-state index in [1.807, 2.05) is 0 Å². The molecule has 2 saturated carbocycles. The molecule has 0 radical (unpaired) electrons. The molecule has 0 aliphatic heterocycles. The minimum Gasteiger partial charge on any atom is -0.481 e. The fourth-order valence-corrected chi connectivity index (χ4v) is 4.24. The van der Waals surface area contributed by atoms with Crippen LogP contribution < -0.4 is 5.32 Å². The molecule has 2 fully saturated rings. The van der Waals surface area contributed by atoms with Crippen molar-refractivity contribution in [2.75, 3.05) is 6.54 Å². The maximum absolute atomic E-state index is 12.5. The lowest BCUT2D eigenvalue weighted by atomic mass is 9.64. The molecule has 0 atom stereocenters. The van der Waals surface area contributed by atoms with Gasteiger partial charge >= 0.3 is 5.97 Å². The van der Waals surface area contributed by atoms with Crippen LogP contribution >= 0.6 is 15.9 Å². The number of benzene rings is 1. The summed E-state index contributed by atoms with van der Waals surface area (Å²) in [6, 6.07) is 8.41. The molecule has 5 heteroatoms. The van der Waals surface area contributed by atoms with Crippen molar-refractivity contribution in [3.8, 4) is 0 Å². The smallest absolute Gasteiger partial charge is 0.306 e. The maximum atomic E-state index is 12.5. The highest BCUT2D eigenvalue weighted by atomic mass is 79.9. The highest BCUT2D eigenvalue weighted by molar-refractivity contribution is 9.10. The maximum Gasteiger partial charge on any atom is 0.306 e. The van der Waals surface area contributed by atoms with Crippen molar-refractivity contribution in [2.24, 2.45) is 11.8 Å². The van der Waals surface area contributed by atoms with Gasteiger partial charge in [0.2, 0.25) is 5.91 Å². The Kier molecular flexibility index (Phi) is 5.28. The lowest BCUT2D eigenvalue weighted by Crippen LogP contribution is -2.47. The molecule has 0 saturated heterocycles. The molecule has 0 aromatic heterocycles. The Balaban J connectivity index is 1.55. The monoisotopic (exact) mass is 393 g/mol. The van der Waals surface area contributed by atoms with Gasteiger partial charge in [-0.3, -0.25) is 9.59 Å². The van der Waals surface area contributed by atoms with E-state index in [1.54, 1.807) is 0 Å². The molecule has 2 aliphatic rings. The van der Waals surface area contributed by atoms with Gasteiger partial charge in [0.1, 0.15) is 0 Å². The van der Waals surface area contributed by atoms with Gasteiger partial charge in [-0.1, -0.05) is 34.5 Å². The number of amides is 1. The Bertz CT molecular complexity index is 602. The lowest BCUT2D eigenvalue weighted by Gasteiger charge is -2.43. The van der Waals surface area contributed by atoms with Crippen LogP contribution in [0.15, 0.2) is 28.7 Å². The van der Waals surface area contributed by atoms with Gasteiger partial charge in [0.25, 0.3) is 0 Å². The molecule has 1 amide bonds. The second-order valence-corrected chi connectivity index (χ2v) is 8.16. The molecular formula is C19H24BrNO3. The molecule has 130 valence electrons. The minimum absolute atomic E-state index is 0.0253. The summed E-state index contributed by atoms with van der Waals surface area (Å²) in [6.07, 6.45) is 6.04. The number of carbonyl (C=O) groups is 2. The standard InChI is InChI=1S/C19H24BrNO3/c20-16-8-6-15(7-9-16)19(10-1-11-19)12-21-17(22)13-2-4-14(5-3-13)18(23)24/h6-9,13-14H,1-5,10-12H2,(H,21,22)(H,23,24). The van der Waals surface area contributed by atoms with E-state index in [1.165, 1.54) is 12.0 Å². The molecule has 24 heavy (non-hydrogen) atoms. The van der Waals surface area contributed by atoms with E-state index < -0.39 is 5.97 Å². The van der Waals surface area contributed by atoms with E-state index in [9.17, 15) is 9.59 Å². The SMILES string of the molecule is O=C(O)C1CCC(C(=O)NCC2(c3ccc(Br)cc3)CCC2)CC1. The number of hydrogen-bond acceptors (Lipinski definition) is 2. The largest absolute Gasteiger partial charge is 0.481 e. The van der Waals surface area contributed by atoms with Crippen molar-refractivity contribution < 1.29 is 14.7 Å². The van der Waals surface area contributed by atoms with Crippen LogP contribution in [0.5, 0.6) is 0 Å². The van der Waals surface area contributed by atoms with E-state index in [0.717, 1.165) is 17.3 Å². The molecule has 2 N–H and O–H groups in total. The third kappa shape index (κ3) is 3.66. The number of hydrogen-bond donors (Lipinski definition) is 2. The van der Waals surface area contributed by atoms with Crippen LogP contribution in [0, 0.1) is 11.8 Å². The zero-order chi connectivity index (χ0) is 17.2. The van der Waals surface area contributed by atoms with Gasteiger partial charge in [-0.05, 0) is 56.2 Å². The molecule has 0 heterocycles. The molecule has 3 rings (SSSR count). The first-order valence-electron chi connectivity index (χ1n) is 8.77. The molecule has 4 nitrogen and oxygen atoms in total. The molecule has 2 aliphatic carbocycles. The summed E-state index contributed by atoms with van der Waals surface area (Å²) in [6.45, 7) is 0.687. The fraction of sp³-hybridized carbons (Fsp3) is 0.579. The van der Waals surface area contributed by atoms with Gasteiger partial charge in [-0.15, -0.1) is 0 Å². The number of rotatable bonds is 5. The van der Waals surface area contributed by atoms with Crippen LogP contribution in [0.2, 0.25) is 0 Å². The highest BCUT2D eigenvalue weighted by Crippen LogP contribution is 2.43. The van der Waals surface area contributed by atoms with E-state index in [-0.39, 0.29) is 23.2 Å². The highest BCUT2D eigenvalue weighted by Gasteiger charge is 2.39. The second kappa shape index (κ2) is 7.26. The van der Waals surface area contributed by atoms with Crippen molar-refractivity contribution in [1.82, 2.24) is 5.32 Å². The number of aliphatic carboxylic acids is 1. The first-order valence-corrected chi connectivity index (χ1v) is 9.56. The summed E-state index contributed by atoms with van der Waals surface area (Å²) >= 11 is 3.47. The Morgan fingerprint density at radius 1 is 1.08 bits per heavy atom. The van der Waals surface area contributed by atoms with Crippen molar-refractivity contribution in [2.45, 2.75) is 50.4 Å². The molecule has 1 aromatic carbocycles. The molecule has 0 bridgehead atoms. The Morgan fingerprint density at radius 2 is 1.67 bits per heavy atom. The third-order valence-electron chi connectivity index (χ3n) is 5.82. The van der Waals surface area contributed by atoms with Crippen LogP contribution in [-0.4, -0.2) is 23.5 Å². The van der Waals surface area contributed by atoms with Gasteiger partial charge in [-0.2, -0.15) is 0 Å². The zero-order valence-corrected chi connectivity index (χ0v) is 15.3. The zero-order valence-electron chi connectivity index (χ0n) is 13.8. The third-order valence-corrected chi connectivity index (χ3v) is 6.34. The average Bonchev–Trinajstić information content (AvgIpc) is 2.55. The van der Waals surface area contributed by atoms with Gasteiger partial charge in [0.05, 0.1) is 5.92 Å². The number of carboxylic acids is 1. The topological polar surface area (TPSA) is 66.4 Å². The summed E-state index contributed by atoms with van der Waals surface area (Å²) in [5.41, 5.74) is 1.38. The summed E-state index contributed by atoms with van der Waals surface area (Å²) in [5, 5.41) is 12.2. The van der Waals surface area contributed by atoms with Crippen molar-refractivity contribution in [3.05, 3.63) is 34.3 Å². The summed E-state index contributed by atoms with van der Waals surface area (Å²) in [5.74, 6) is -0.919. The molecule has 1 aromatic rings. The molecule has 0 spiro atoms. The van der Waals surface area contributed by atoms with E-state index in [4.69, 9.17) is 5.11 Å². The van der Waals surface area contributed by atoms with Crippen LogP contribution in [0.1, 0.15) is 50.5 Å². The van der Waals surface area contributed by atoms with Crippen LogP contribution in [0.4, 0.5) is 0 Å². The Morgan fingerprint density at radius 3 is 2.17 bits per heavy atom.